The predicted molar refractivity (Wildman–Crippen MR) is 162 cm³/mol. The van der Waals surface area contributed by atoms with Gasteiger partial charge < -0.3 is 18.9 Å². The first-order valence-corrected chi connectivity index (χ1v) is 16.0. The van der Waals surface area contributed by atoms with E-state index in [1.54, 1.807) is 31.8 Å². The van der Waals surface area contributed by atoms with Gasteiger partial charge in [0.15, 0.2) is 11.9 Å². The molecule has 1 aromatic heterocycles. The van der Waals surface area contributed by atoms with Crippen LogP contribution in [0.4, 0.5) is 0 Å². The molecule has 0 spiro atoms. The Morgan fingerprint density at radius 2 is 1.52 bits per heavy atom. The summed E-state index contributed by atoms with van der Waals surface area (Å²) < 4.78 is 23.8. The number of aromatic nitrogens is 3. The Labute approximate surface area is 253 Å². The number of ether oxygens (including phenoxy) is 4. The lowest BCUT2D eigenvalue weighted by atomic mass is 9.98. The third kappa shape index (κ3) is 17.6. The van der Waals surface area contributed by atoms with Crippen LogP contribution in [0.25, 0.3) is 0 Å². The number of ketones is 1. The second-order valence-corrected chi connectivity index (χ2v) is 11.7. The van der Waals surface area contributed by atoms with Crippen molar-refractivity contribution in [1.82, 2.24) is 15.0 Å². The van der Waals surface area contributed by atoms with E-state index in [2.05, 4.69) is 24.2 Å². The number of rotatable bonds is 26. The van der Waals surface area contributed by atoms with Crippen molar-refractivity contribution in [3.05, 3.63) is 11.9 Å². The monoisotopic (exact) mass is 595 g/mol. The molecule has 0 bridgehead atoms. The minimum Gasteiger partial charge on any atom is -0.462 e. The highest BCUT2D eigenvalue weighted by atomic mass is 16.6. The van der Waals surface area contributed by atoms with Crippen LogP contribution in [0.1, 0.15) is 130 Å². The lowest BCUT2D eigenvalue weighted by Gasteiger charge is -2.24. The van der Waals surface area contributed by atoms with E-state index in [-0.39, 0.29) is 43.4 Å². The molecule has 1 aromatic rings. The van der Waals surface area contributed by atoms with Gasteiger partial charge in [-0.15, -0.1) is 5.10 Å². The van der Waals surface area contributed by atoms with Gasteiger partial charge in [0.1, 0.15) is 12.2 Å². The van der Waals surface area contributed by atoms with Crippen LogP contribution in [-0.2, 0) is 46.3 Å². The van der Waals surface area contributed by atoms with Crippen LogP contribution in [0.3, 0.4) is 0 Å². The molecular weight excluding hydrogens is 538 g/mol. The Hall–Kier alpha value is -2.33. The minimum absolute atomic E-state index is 0.0190. The zero-order valence-corrected chi connectivity index (χ0v) is 27.2. The quantitative estimate of drug-likeness (QED) is 0.0914. The van der Waals surface area contributed by atoms with Gasteiger partial charge in [-0.2, -0.15) is 0 Å². The van der Waals surface area contributed by atoms with Crippen LogP contribution in [-0.4, -0.2) is 70.8 Å². The maximum atomic E-state index is 12.8. The molecule has 0 aliphatic heterocycles. The molecule has 0 amide bonds. The highest BCUT2D eigenvalue weighted by Crippen LogP contribution is 2.16. The van der Waals surface area contributed by atoms with E-state index in [0.717, 1.165) is 57.8 Å². The topological polar surface area (TPSA) is 119 Å². The van der Waals surface area contributed by atoms with Crippen molar-refractivity contribution in [2.45, 2.75) is 155 Å². The largest absolute Gasteiger partial charge is 0.462 e. The first-order chi connectivity index (χ1) is 20.1. The smallest absolute Gasteiger partial charge is 0.306 e. The molecule has 0 saturated heterocycles. The molecule has 2 unspecified atom stereocenters. The van der Waals surface area contributed by atoms with E-state index in [1.165, 1.54) is 6.42 Å². The van der Waals surface area contributed by atoms with Crippen molar-refractivity contribution in [2.75, 3.05) is 20.3 Å². The maximum absolute atomic E-state index is 12.8. The van der Waals surface area contributed by atoms with Crippen LogP contribution < -0.4 is 0 Å². The SMILES string of the molecule is CCCCCCCC(=O)OCC(Cn1cc(CCC(=O)C(C)(C)OCCC(C)OC)nn1)OC(=O)CCCCCCC. The van der Waals surface area contributed by atoms with Crippen LogP contribution in [0, 0.1) is 0 Å². The molecule has 0 fully saturated rings. The van der Waals surface area contributed by atoms with E-state index in [9.17, 15) is 14.4 Å². The summed E-state index contributed by atoms with van der Waals surface area (Å²) in [5, 5.41) is 8.35. The standard InChI is InChI=1S/C32H57N3O7/c1-7-9-11-13-15-17-30(37)40-25-28(42-31(38)18-16-14-12-10-8-2)24-35-23-27(33-34-35)19-20-29(36)32(4,5)41-22-21-26(3)39-6/h23,26,28H,7-22,24-25H2,1-6H3. The number of hydrogen-bond acceptors (Lipinski definition) is 9. The molecule has 1 rings (SSSR count). The normalized spacial score (nSPS) is 13.1. The van der Waals surface area contributed by atoms with Crippen LogP contribution >= 0.6 is 0 Å². The van der Waals surface area contributed by atoms with Gasteiger partial charge in [0.2, 0.25) is 0 Å². The van der Waals surface area contributed by atoms with E-state index >= 15 is 0 Å². The molecule has 0 saturated carbocycles. The Morgan fingerprint density at radius 3 is 2.14 bits per heavy atom. The summed E-state index contributed by atoms with van der Waals surface area (Å²) in [6, 6.07) is 0. The average molecular weight is 596 g/mol. The summed E-state index contributed by atoms with van der Waals surface area (Å²) >= 11 is 0. The second kappa shape index (κ2) is 22.2. The van der Waals surface area contributed by atoms with Crippen molar-refractivity contribution in [2.24, 2.45) is 0 Å². The Bertz CT molecular complexity index is 887. The molecule has 2 atom stereocenters. The maximum Gasteiger partial charge on any atom is 0.306 e. The minimum atomic E-state index is -0.904. The van der Waals surface area contributed by atoms with Gasteiger partial charge in [0, 0.05) is 39.0 Å². The molecule has 10 nitrogen and oxygen atoms in total. The van der Waals surface area contributed by atoms with Gasteiger partial charge in [0.25, 0.3) is 0 Å². The Balaban J connectivity index is 2.64. The van der Waals surface area contributed by atoms with Crippen molar-refractivity contribution in [3.8, 4) is 0 Å². The van der Waals surface area contributed by atoms with Crippen LogP contribution in [0.2, 0.25) is 0 Å². The number of unbranched alkanes of at least 4 members (excludes halogenated alkanes) is 8. The van der Waals surface area contributed by atoms with Gasteiger partial charge in [-0.25, -0.2) is 4.68 Å². The molecule has 0 N–H and O–H groups in total. The molecule has 0 radical (unpaired) electrons. The molecule has 0 aromatic carbocycles. The van der Waals surface area contributed by atoms with Crippen molar-refractivity contribution >= 4 is 17.7 Å². The lowest BCUT2D eigenvalue weighted by molar-refractivity contribution is -0.160. The summed E-state index contributed by atoms with van der Waals surface area (Å²) in [5.41, 5.74) is -0.253. The third-order valence-corrected chi connectivity index (χ3v) is 7.34. The zero-order valence-electron chi connectivity index (χ0n) is 27.2. The number of aryl methyl sites for hydroxylation is 1. The number of nitrogens with zero attached hydrogens (tertiary/aromatic N) is 3. The summed E-state index contributed by atoms with van der Waals surface area (Å²) in [7, 11) is 1.65. The lowest BCUT2D eigenvalue weighted by Crippen LogP contribution is -2.36. The average Bonchev–Trinajstić information content (AvgIpc) is 3.41. The molecule has 242 valence electrons. The van der Waals surface area contributed by atoms with Crippen molar-refractivity contribution < 1.29 is 33.3 Å². The van der Waals surface area contributed by atoms with Crippen molar-refractivity contribution in [1.29, 1.82) is 0 Å². The van der Waals surface area contributed by atoms with Gasteiger partial charge in [-0.3, -0.25) is 14.4 Å². The second-order valence-electron chi connectivity index (χ2n) is 11.7. The van der Waals surface area contributed by atoms with Crippen LogP contribution in [0.5, 0.6) is 0 Å². The fraction of sp³-hybridized carbons (Fsp3) is 0.844. The number of esters is 2. The van der Waals surface area contributed by atoms with Gasteiger partial charge in [0.05, 0.1) is 24.9 Å². The number of carbonyl (C=O) groups excluding carboxylic acids is 3. The van der Waals surface area contributed by atoms with Gasteiger partial charge in [-0.05, 0) is 40.0 Å². The molecule has 10 heteroatoms. The van der Waals surface area contributed by atoms with Gasteiger partial charge >= 0.3 is 11.9 Å². The molecular formula is C32H57N3O7. The number of Topliss-reactive ketones (excluding diaryl/α,β-unsaturated/α-hetero) is 1. The fourth-order valence-electron chi connectivity index (χ4n) is 4.34. The van der Waals surface area contributed by atoms with Crippen LogP contribution in [0.15, 0.2) is 6.20 Å². The van der Waals surface area contributed by atoms with Crippen molar-refractivity contribution in [3.63, 3.8) is 0 Å². The summed E-state index contributed by atoms with van der Waals surface area (Å²) in [4.78, 5) is 37.6. The van der Waals surface area contributed by atoms with E-state index < -0.39 is 11.7 Å². The van der Waals surface area contributed by atoms with Gasteiger partial charge in [-0.1, -0.05) is 70.4 Å². The Kier molecular flexibility index (Phi) is 20.0. The van der Waals surface area contributed by atoms with E-state index in [0.29, 0.717) is 38.0 Å². The first-order valence-electron chi connectivity index (χ1n) is 16.0. The molecule has 42 heavy (non-hydrogen) atoms. The third-order valence-electron chi connectivity index (χ3n) is 7.34. The Morgan fingerprint density at radius 1 is 0.905 bits per heavy atom. The first kappa shape index (κ1) is 37.7. The molecule has 1 heterocycles. The predicted octanol–water partition coefficient (Wildman–Crippen LogP) is 6.18. The number of carbonyl (C=O) groups is 3. The fourth-order valence-corrected chi connectivity index (χ4v) is 4.34. The zero-order chi connectivity index (χ0) is 31.2. The summed E-state index contributed by atoms with van der Waals surface area (Å²) in [6.07, 6.45) is 13.6. The molecule has 0 aliphatic rings. The highest BCUT2D eigenvalue weighted by molar-refractivity contribution is 5.86. The number of hydrogen-bond donors (Lipinski definition) is 0. The van der Waals surface area contributed by atoms with E-state index in [1.807, 2.05) is 6.92 Å². The molecule has 0 aliphatic carbocycles. The summed E-state index contributed by atoms with van der Waals surface area (Å²) in [6.45, 7) is 10.4. The number of methoxy groups -OCH3 is 1. The van der Waals surface area contributed by atoms with E-state index in [4.69, 9.17) is 18.9 Å². The highest BCUT2D eigenvalue weighted by Gasteiger charge is 2.28. The summed E-state index contributed by atoms with van der Waals surface area (Å²) in [5.74, 6) is -0.610.